The predicted molar refractivity (Wildman–Crippen MR) is 65.4 cm³/mol. The topological polar surface area (TPSA) is 61.8 Å². The van der Waals surface area contributed by atoms with Gasteiger partial charge in [0.1, 0.15) is 11.8 Å². The third kappa shape index (κ3) is 2.91. The van der Waals surface area contributed by atoms with E-state index in [0.717, 1.165) is 12.0 Å². The molecule has 2 aromatic rings. The summed E-state index contributed by atoms with van der Waals surface area (Å²) >= 11 is 0. The van der Waals surface area contributed by atoms with Gasteiger partial charge >= 0.3 is 0 Å². The lowest BCUT2D eigenvalue weighted by Crippen LogP contribution is -2.02. The molecule has 2 N–H and O–H groups in total. The van der Waals surface area contributed by atoms with Crippen molar-refractivity contribution in [3.05, 3.63) is 47.3 Å². The fourth-order valence-electron chi connectivity index (χ4n) is 1.87. The van der Waals surface area contributed by atoms with E-state index in [4.69, 9.17) is 0 Å². The molecule has 4 heteroatoms. The molecule has 0 spiro atoms. The van der Waals surface area contributed by atoms with Crippen LogP contribution in [-0.2, 0) is 6.42 Å². The number of aromatic nitrogens is 3. The van der Waals surface area contributed by atoms with Gasteiger partial charge in [-0.2, -0.15) is 15.4 Å². The Morgan fingerprint density at radius 1 is 1.35 bits per heavy atom. The zero-order chi connectivity index (χ0) is 12.3. The second kappa shape index (κ2) is 5.10. The van der Waals surface area contributed by atoms with Gasteiger partial charge in [0.15, 0.2) is 0 Å². The number of nitrogens with one attached hydrogen (secondary N) is 1. The first-order valence-electron chi connectivity index (χ1n) is 5.79. The van der Waals surface area contributed by atoms with Crippen LogP contribution in [0.25, 0.3) is 0 Å². The summed E-state index contributed by atoms with van der Waals surface area (Å²) in [4.78, 5) is 0. The second-order valence-corrected chi connectivity index (χ2v) is 4.64. The summed E-state index contributed by atoms with van der Waals surface area (Å²) < 4.78 is 0. The Morgan fingerprint density at radius 3 is 2.82 bits per heavy atom. The minimum absolute atomic E-state index is 0.548. The summed E-state index contributed by atoms with van der Waals surface area (Å²) in [5.41, 5.74) is 2.64. The van der Waals surface area contributed by atoms with Crippen LogP contribution in [-0.4, -0.2) is 20.5 Å². The molecule has 1 aromatic carbocycles. The van der Waals surface area contributed by atoms with Gasteiger partial charge in [0.25, 0.3) is 0 Å². The maximum absolute atomic E-state index is 10.1. The van der Waals surface area contributed by atoms with Crippen LogP contribution in [0.1, 0.15) is 36.8 Å². The summed E-state index contributed by atoms with van der Waals surface area (Å²) in [7, 11) is 0. The van der Waals surface area contributed by atoms with Crippen LogP contribution < -0.4 is 0 Å². The lowest BCUT2D eigenvalue weighted by Gasteiger charge is -2.10. The third-order valence-corrected chi connectivity index (χ3v) is 2.62. The van der Waals surface area contributed by atoms with E-state index in [-0.39, 0.29) is 0 Å². The first-order chi connectivity index (χ1) is 8.16. The summed E-state index contributed by atoms with van der Waals surface area (Å²) in [6.45, 7) is 4.36. The van der Waals surface area contributed by atoms with E-state index in [9.17, 15) is 5.11 Å². The van der Waals surface area contributed by atoms with Crippen molar-refractivity contribution in [2.24, 2.45) is 5.92 Å². The van der Waals surface area contributed by atoms with Crippen molar-refractivity contribution in [1.82, 2.24) is 15.4 Å². The van der Waals surface area contributed by atoms with Gasteiger partial charge in [0.05, 0.1) is 6.20 Å². The number of aromatic amines is 1. The highest BCUT2D eigenvalue weighted by atomic mass is 16.3. The van der Waals surface area contributed by atoms with E-state index in [1.54, 1.807) is 6.20 Å². The second-order valence-electron chi connectivity index (χ2n) is 4.64. The number of aliphatic hydroxyl groups excluding tert-OH is 1. The first kappa shape index (κ1) is 11.8. The van der Waals surface area contributed by atoms with Crippen molar-refractivity contribution in [3.63, 3.8) is 0 Å². The standard InChI is InChI=1S/C13H17N3O/c1-9(2)6-10-4-3-5-11(7-10)13(17)12-8-14-16-15-12/h3-5,7-9,13,17H,6H2,1-2H3,(H,14,15,16). The number of H-pyrrole nitrogens is 1. The lowest BCUT2D eigenvalue weighted by atomic mass is 9.98. The van der Waals surface area contributed by atoms with E-state index in [1.807, 2.05) is 18.2 Å². The number of hydrogen-bond acceptors (Lipinski definition) is 3. The third-order valence-electron chi connectivity index (χ3n) is 2.62. The molecule has 1 aromatic heterocycles. The van der Waals surface area contributed by atoms with E-state index in [1.165, 1.54) is 5.56 Å². The van der Waals surface area contributed by atoms with E-state index in [2.05, 4.69) is 35.3 Å². The summed E-state index contributed by atoms with van der Waals surface area (Å²) in [6.07, 6.45) is 1.85. The quantitative estimate of drug-likeness (QED) is 0.847. The van der Waals surface area contributed by atoms with E-state index >= 15 is 0 Å². The largest absolute Gasteiger partial charge is 0.382 e. The van der Waals surface area contributed by atoms with Gasteiger partial charge in [-0.25, -0.2) is 0 Å². The van der Waals surface area contributed by atoms with Crippen LogP contribution in [0.5, 0.6) is 0 Å². The Bertz CT molecular complexity index is 465. The Kier molecular flexibility index (Phi) is 3.54. The molecular formula is C13H17N3O. The van der Waals surface area contributed by atoms with Crippen LogP contribution in [0, 0.1) is 5.92 Å². The maximum Gasteiger partial charge on any atom is 0.124 e. The zero-order valence-electron chi connectivity index (χ0n) is 10.1. The van der Waals surface area contributed by atoms with E-state index < -0.39 is 6.10 Å². The van der Waals surface area contributed by atoms with Gasteiger partial charge in [0.2, 0.25) is 0 Å². The molecule has 0 aliphatic heterocycles. The molecule has 0 saturated carbocycles. The van der Waals surface area contributed by atoms with Gasteiger partial charge in [-0.05, 0) is 23.5 Å². The Morgan fingerprint density at radius 2 is 2.18 bits per heavy atom. The summed E-state index contributed by atoms with van der Waals surface area (Å²) in [5, 5.41) is 20.2. The number of nitrogens with zero attached hydrogens (tertiary/aromatic N) is 2. The van der Waals surface area contributed by atoms with Crippen molar-refractivity contribution in [1.29, 1.82) is 0 Å². The molecule has 17 heavy (non-hydrogen) atoms. The SMILES string of the molecule is CC(C)Cc1cccc(C(O)c2cn[nH]n2)c1. The van der Waals surface area contributed by atoms with Gasteiger partial charge in [-0.15, -0.1) is 0 Å². The molecule has 0 amide bonds. The number of hydrogen-bond donors (Lipinski definition) is 2. The minimum atomic E-state index is -0.708. The molecule has 1 unspecified atom stereocenters. The van der Waals surface area contributed by atoms with Gasteiger partial charge in [-0.3, -0.25) is 0 Å². The molecule has 0 aliphatic rings. The Hall–Kier alpha value is -1.68. The van der Waals surface area contributed by atoms with Crippen molar-refractivity contribution < 1.29 is 5.11 Å². The molecule has 4 nitrogen and oxygen atoms in total. The minimum Gasteiger partial charge on any atom is -0.382 e. The van der Waals surface area contributed by atoms with Crippen LogP contribution in [0.3, 0.4) is 0 Å². The van der Waals surface area contributed by atoms with Crippen molar-refractivity contribution in [2.75, 3.05) is 0 Å². The highest BCUT2D eigenvalue weighted by molar-refractivity contribution is 5.29. The van der Waals surface area contributed by atoms with Gasteiger partial charge < -0.3 is 5.11 Å². The fourth-order valence-corrected chi connectivity index (χ4v) is 1.87. The number of aliphatic hydroxyl groups is 1. The van der Waals surface area contributed by atoms with Crippen molar-refractivity contribution in [3.8, 4) is 0 Å². The van der Waals surface area contributed by atoms with Crippen LogP contribution in [0.4, 0.5) is 0 Å². The smallest absolute Gasteiger partial charge is 0.124 e. The van der Waals surface area contributed by atoms with E-state index in [0.29, 0.717) is 11.6 Å². The lowest BCUT2D eigenvalue weighted by molar-refractivity contribution is 0.215. The Labute approximate surface area is 101 Å². The van der Waals surface area contributed by atoms with Gasteiger partial charge in [-0.1, -0.05) is 38.1 Å². The molecule has 0 bridgehead atoms. The molecule has 90 valence electrons. The number of benzene rings is 1. The molecule has 1 heterocycles. The molecule has 0 aliphatic carbocycles. The zero-order valence-corrected chi connectivity index (χ0v) is 10.1. The molecule has 0 fully saturated rings. The fraction of sp³-hybridized carbons (Fsp3) is 0.385. The summed E-state index contributed by atoms with van der Waals surface area (Å²) in [6, 6.07) is 7.98. The predicted octanol–water partition coefficient (Wildman–Crippen LogP) is 2.08. The number of rotatable bonds is 4. The van der Waals surface area contributed by atoms with Crippen molar-refractivity contribution >= 4 is 0 Å². The highest BCUT2D eigenvalue weighted by Gasteiger charge is 2.13. The monoisotopic (exact) mass is 231 g/mol. The van der Waals surface area contributed by atoms with Crippen molar-refractivity contribution in [2.45, 2.75) is 26.4 Å². The highest BCUT2D eigenvalue weighted by Crippen LogP contribution is 2.21. The summed E-state index contributed by atoms with van der Waals surface area (Å²) in [5.74, 6) is 0.606. The average Bonchev–Trinajstić information content (AvgIpc) is 2.81. The van der Waals surface area contributed by atoms with Crippen LogP contribution in [0.15, 0.2) is 30.5 Å². The van der Waals surface area contributed by atoms with Crippen LogP contribution in [0.2, 0.25) is 0 Å². The van der Waals surface area contributed by atoms with Crippen LogP contribution >= 0.6 is 0 Å². The molecular weight excluding hydrogens is 214 g/mol. The molecule has 2 rings (SSSR count). The molecule has 0 radical (unpaired) electrons. The maximum atomic E-state index is 10.1. The van der Waals surface area contributed by atoms with Gasteiger partial charge in [0, 0.05) is 0 Å². The molecule has 0 saturated heterocycles. The average molecular weight is 231 g/mol. The molecule has 1 atom stereocenters. The normalized spacial score (nSPS) is 12.9. The Balaban J connectivity index is 2.21. The first-order valence-corrected chi connectivity index (χ1v) is 5.79.